The number of aromatic nitrogens is 2. The molecule has 0 aromatic carbocycles. The van der Waals surface area contributed by atoms with Gasteiger partial charge in [-0.2, -0.15) is 16.3 Å². The van der Waals surface area contributed by atoms with E-state index in [-0.39, 0.29) is 6.10 Å². The molecule has 6 heteroatoms. The van der Waals surface area contributed by atoms with Crippen molar-refractivity contribution in [2.45, 2.75) is 26.0 Å². The summed E-state index contributed by atoms with van der Waals surface area (Å²) in [4.78, 5) is 6.41. The standard InChI is InChI=1S/C12H17N3O2S/c1-9(16)3-5-15(2)7-11-13-12(17-14-11)10-4-6-18-8-10/h4,6,8-9,16H,3,5,7H2,1-2H3. The molecule has 2 heterocycles. The SMILES string of the molecule is CC(O)CCN(C)Cc1noc(-c2ccsc2)n1. The quantitative estimate of drug-likeness (QED) is 0.867. The minimum absolute atomic E-state index is 0.279. The lowest BCUT2D eigenvalue weighted by molar-refractivity contribution is 0.161. The third kappa shape index (κ3) is 3.63. The second kappa shape index (κ2) is 6.08. The van der Waals surface area contributed by atoms with Crippen LogP contribution >= 0.6 is 11.3 Å². The Hall–Kier alpha value is -1.24. The molecule has 0 bridgehead atoms. The molecule has 5 nitrogen and oxygen atoms in total. The Morgan fingerprint density at radius 2 is 2.39 bits per heavy atom. The highest BCUT2D eigenvalue weighted by Gasteiger charge is 2.11. The number of rotatable bonds is 6. The Bertz CT molecular complexity index is 467. The molecule has 2 aromatic rings. The van der Waals surface area contributed by atoms with Crippen molar-refractivity contribution >= 4 is 11.3 Å². The first-order valence-electron chi connectivity index (χ1n) is 5.87. The van der Waals surface area contributed by atoms with Crippen LogP contribution in [0.4, 0.5) is 0 Å². The van der Waals surface area contributed by atoms with E-state index < -0.39 is 0 Å². The topological polar surface area (TPSA) is 62.4 Å². The molecule has 0 aliphatic rings. The summed E-state index contributed by atoms with van der Waals surface area (Å²) in [7, 11) is 1.98. The highest BCUT2D eigenvalue weighted by Crippen LogP contribution is 2.20. The summed E-state index contributed by atoms with van der Waals surface area (Å²) >= 11 is 1.60. The van der Waals surface area contributed by atoms with E-state index in [2.05, 4.69) is 15.0 Å². The number of aliphatic hydroxyl groups is 1. The van der Waals surface area contributed by atoms with Gasteiger partial charge < -0.3 is 9.63 Å². The first-order chi connectivity index (χ1) is 8.65. The molecule has 0 saturated carbocycles. The Morgan fingerprint density at radius 1 is 1.56 bits per heavy atom. The van der Waals surface area contributed by atoms with Gasteiger partial charge in [0.25, 0.3) is 5.89 Å². The summed E-state index contributed by atoms with van der Waals surface area (Å²) in [6.45, 7) is 3.22. The summed E-state index contributed by atoms with van der Waals surface area (Å²) in [6, 6.07) is 1.96. The van der Waals surface area contributed by atoms with Gasteiger partial charge in [-0.25, -0.2) is 0 Å². The Balaban J connectivity index is 1.90. The average Bonchev–Trinajstić information content (AvgIpc) is 2.95. The van der Waals surface area contributed by atoms with Gasteiger partial charge in [0.2, 0.25) is 0 Å². The Labute approximate surface area is 110 Å². The predicted octanol–water partition coefficient (Wildman–Crippen LogP) is 2.00. The van der Waals surface area contributed by atoms with Crippen LogP contribution in [0.1, 0.15) is 19.2 Å². The molecule has 98 valence electrons. The van der Waals surface area contributed by atoms with Gasteiger partial charge in [-0.05, 0) is 31.8 Å². The van der Waals surface area contributed by atoms with Crippen molar-refractivity contribution in [1.29, 1.82) is 0 Å². The van der Waals surface area contributed by atoms with Crippen molar-refractivity contribution in [2.24, 2.45) is 0 Å². The zero-order chi connectivity index (χ0) is 13.0. The van der Waals surface area contributed by atoms with Crippen molar-refractivity contribution in [3.63, 3.8) is 0 Å². The zero-order valence-electron chi connectivity index (χ0n) is 10.5. The van der Waals surface area contributed by atoms with Crippen LogP contribution in [0.25, 0.3) is 11.5 Å². The Morgan fingerprint density at radius 3 is 3.06 bits per heavy atom. The zero-order valence-corrected chi connectivity index (χ0v) is 11.4. The molecule has 1 unspecified atom stereocenters. The van der Waals surface area contributed by atoms with Gasteiger partial charge in [-0.1, -0.05) is 5.16 Å². The largest absolute Gasteiger partial charge is 0.393 e. The molecular formula is C12H17N3O2S. The molecule has 0 fully saturated rings. The fraction of sp³-hybridized carbons (Fsp3) is 0.500. The molecular weight excluding hydrogens is 250 g/mol. The molecule has 0 radical (unpaired) electrons. The van der Waals surface area contributed by atoms with E-state index in [4.69, 9.17) is 4.52 Å². The number of aliphatic hydroxyl groups excluding tert-OH is 1. The maximum absolute atomic E-state index is 9.22. The average molecular weight is 267 g/mol. The van der Waals surface area contributed by atoms with Gasteiger partial charge in [-0.3, -0.25) is 4.90 Å². The summed E-state index contributed by atoms with van der Waals surface area (Å²) in [5, 5.41) is 17.1. The van der Waals surface area contributed by atoms with E-state index in [1.165, 1.54) is 0 Å². The molecule has 1 N–H and O–H groups in total. The van der Waals surface area contributed by atoms with Crippen molar-refractivity contribution in [3.8, 4) is 11.5 Å². The molecule has 0 spiro atoms. The maximum Gasteiger partial charge on any atom is 0.258 e. The minimum Gasteiger partial charge on any atom is -0.393 e. The van der Waals surface area contributed by atoms with Crippen molar-refractivity contribution in [2.75, 3.05) is 13.6 Å². The van der Waals surface area contributed by atoms with Gasteiger partial charge in [-0.15, -0.1) is 0 Å². The lowest BCUT2D eigenvalue weighted by Gasteiger charge is -2.14. The third-order valence-corrected chi connectivity index (χ3v) is 3.26. The summed E-state index contributed by atoms with van der Waals surface area (Å²) in [5.41, 5.74) is 0.963. The van der Waals surface area contributed by atoms with E-state index in [1.807, 2.05) is 23.9 Å². The number of hydrogen-bond donors (Lipinski definition) is 1. The molecule has 0 aliphatic carbocycles. The highest BCUT2D eigenvalue weighted by atomic mass is 32.1. The van der Waals surface area contributed by atoms with Gasteiger partial charge in [0.1, 0.15) is 0 Å². The van der Waals surface area contributed by atoms with Crippen molar-refractivity contribution in [1.82, 2.24) is 15.0 Å². The van der Waals surface area contributed by atoms with Crippen LogP contribution in [0.5, 0.6) is 0 Å². The monoisotopic (exact) mass is 267 g/mol. The van der Waals surface area contributed by atoms with Gasteiger partial charge in [0.05, 0.1) is 18.2 Å². The van der Waals surface area contributed by atoms with Crippen LogP contribution in [-0.2, 0) is 6.54 Å². The third-order valence-electron chi connectivity index (χ3n) is 2.58. The number of thiophene rings is 1. The second-order valence-electron chi connectivity index (χ2n) is 4.40. The first kappa shape index (κ1) is 13.2. The van der Waals surface area contributed by atoms with Gasteiger partial charge in [0, 0.05) is 11.9 Å². The van der Waals surface area contributed by atoms with E-state index in [9.17, 15) is 5.11 Å². The number of nitrogens with zero attached hydrogens (tertiary/aromatic N) is 3. The number of hydrogen-bond acceptors (Lipinski definition) is 6. The van der Waals surface area contributed by atoms with Gasteiger partial charge >= 0.3 is 0 Å². The lowest BCUT2D eigenvalue weighted by Crippen LogP contribution is -2.22. The fourth-order valence-electron chi connectivity index (χ4n) is 1.55. The van der Waals surface area contributed by atoms with Crippen LogP contribution in [0, 0.1) is 0 Å². The van der Waals surface area contributed by atoms with E-state index in [1.54, 1.807) is 18.3 Å². The normalized spacial score (nSPS) is 13.1. The van der Waals surface area contributed by atoms with E-state index in [0.717, 1.165) is 18.5 Å². The molecule has 0 saturated heterocycles. The highest BCUT2D eigenvalue weighted by molar-refractivity contribution is 7.08. The lowest BCUT2D eigenvalue weighted by atomic mass is 10.3. The fourth-order valence-corrected chi connectivity index (χ4v) is 2.18. The van der Waals surface area contributed by atoms with Gasteiger partial charge in [0.15, 0.2) is 5.82 Å². The van der Waals surface area contributed by atoms with E-state index >= 15 is 0 Å². The van der Waals surface area contributed by atoms with Crippen LogP contribution in [-0.4, -0.2) is 39.8 Å². The molecule has 2 aromatic heterocycles. The van der Waals surface area contributed by atoms with Crippen LogP contribution in [0.2, 0.25) is 0 Å². The van der Waals surface area contributed by atoms with Crippen LogP contribution in [0.15, 0.2) is 21.3 Å². The smallest absolute Gasteiger partial charge is 0.258 e. The first-order valence-corrected chi connectivity index (χ1v) is 6.81. The molecule has 1 atom stereocenters. The molecule has 0 aliphatic heterocycles. The minimum atomic E-state index is -0.279. The summed E-state index contributed by atoms with van der Waals surface area (Å²) < 4.78 is 5.21. The second-order valence-corrected chi connectivity index (χ2v) is 5.18. The maximum atomic E-state index is 9.22. The molecule has 18 heavy (non-hydrogen) atoms. The van der Waals surface area contributed by atoms with Crippen LogP contribution in [0.3, 0.4) is 0 Å². The summed E-state index contributed by atoms with van der Waals surface area (Å²) in [5.74, 6) is 1.24. The van der Waals surface area contributed by atoms with Crippen LogP contribution < -0.4 is 0 Å². The molecule has 0 amide bonds. The molecule has 2 rings (SSSR count). The van der Waals surface area contributed by atoms with Crippen molar-refractivity contribution < 1.29 is 9.63 Å². The predicted molar refractivity (Wildman–Crippen MR) is 70.2 cm³/mol. The Kier molecular flexibility index (Phi) is 4.46. The van der Waals surface area contributed by atoms with E-state index in [0.29, 0.717) is 18.3 Å². The summed E-state index contributed by atoms with van der Waals surface area (Å²) in [6.07, 6.45) is 0.463. The van der Waals surface area contributed by atoms with Crippen molar-refractivity contribution in [3.05, 3.63) is 22.7 Å².